The van der Waals surface area contributed by atoms with Gasteiger partial charge in [-0.25, -0.2) is 13.8 Å². The molecular weight excluding hydrogens is 437 g/mol. The Hall–Kier alpha value is 0.510. The van der Waals surface area contributed by atoms with E-state index in [1.807, 2.05) is 0 Å². The molecule has 0 aromatic rings. The standard InChI is InChI=1S/C12H13Cl6F2N3/c1-6(19)3-2-4-7(20)5-8-21-9(11(13,14)15)23-10(22-8)12(16,17)18/h2-3,7,9-10,23H,1,4-5H2,(H,21,22)/b3-2-/t7?,9-,10+. The largest absolute Gasteiger partial charge is 0.355 e. The van der Waals surface area contributed by atoms with E-state index in [0.717, 1.165) is 6.08 Å². The first-order chi connectivity index (χ1) is 10.4. The summed E-state index contributed by atoms with van der Waals surface area (Å²) < 4.78 is 22.8. The zero-order chi connectivity index (χ0) is 17.8. The Morgan fingerprint density at radius 3 is 2.35 bits per heavy atom. The molecule has 1 unspecified atom stereocenters. The third-order valence-electron chi connectivity index (χ3n) is 2.66. The number of hydrogen-bond acceptors (Lipinski definition) is 3. The SMILES string of the molecule is C=C(F)/C=C\CC(F)CC1=N[C@@H](C(Cl)(Cl)Cl)N[C@@H](C(Cl)(Cl)Cl)N1. The highest BCUT2D eigenvalue weighted by molar-refractivity contribution is 6.69. The molecule has 3 atom stereocenters. The summed E-state index contributed by atoms with van der Waals surface area (Å²) in [6.45, 7) is 3.03. The van der Waals surface area contributed by atoms with Crippen LogP contribution in [0.2, 0.25) is 0 Å². The topological polar surface area (TPSA) is 36.4 Å². The lowest BCUT2D eigenvalue weighted by Crippen LogP contribution is -2.62. The van der Waals surface area contributed by atoms with Gasteiger partial charge in [-0.05, 0) is 12.5 Å². The normalized spacial score (nSPS) is 24.3. The minimum absolute atomic E-state index is 0.0477. The number of hydrogen-bond donors (Lipinski definition) is 2. The molecule has 1 aliphatic rings. The van der Waals surface area contributed by atoms with E-state index in [4.69, 9.17) is 69.6 Å². The van der Waals surface area contributed by atoms with Crippen LogP contribution in [0.25, 0.3) is 0 Å². The number of amidine groups is 1. The van der Waals surface area contributed by atoms with E-state index in [1.165, 1.54) is 6.08 Å². The molecule has 0 fully saturated rings. The van der Waals surface area contributed by atoms with E-state index in [1.54, 1.807) is 0 Å². The van der Waals surface area contributed by atoms with Crippen molar-refractivity contribution in [3.63, 3.8) is 0 Å². The third kappa shape index (κ3) is 7.95. The van der Waals surface area contributed by atoms with Crippen LogP contribution in [0.15, 0.2) is 29.6 Å². The summed E-state index contributed by atoms with van der Waals surface area (Å²) in [7, 11) is 0. The number of alkyl halides is 7. The Morgan fingerprint density at radius 1 is 1.26 bits per heavy atom. The molecule has 0 saturated carbocycles. The van der Waals surface area contributed by atoms with E-state index < -0.39 is 31.9 Å². The van der Waals surface area contributed by atoms with Crippen molar-refractivity contribution in [3.05, 3.63) is 24.6 Å². The summed E-state index contributed by atoms with van der Waals surface area (Å²) >= 11 is 34.8. The molecule has 1 heterocycles. The Kier molecular flexibility index (Phi) is 8.19. The molecule has 132 valence electrons. The van der Waals surface area contributed by atoms with Crippen molar-refractivity contribution in [1.29, 1.82) is 0 Å². The number of rotatable bonds is 5. The number of allylic oxidation sites excluding steroid dienone is 3. The molecule has 0 amide bonds. The molecule has 23 heavy (non-hydrogen) atoms. The van der Waals surface area contributed by atoms with E-state index in [0.29, 0.717) is 0 Å². The van der Waals surface area contributed by atoms with E-state index in [9.17, 15) is 8.78 Å². The van der Waals surface area contributed by atoms with E-state index >= 15 is 0 Å². The van der Waals surface area contributed by atoms with Gasteiger partial charge < -0.3 is 5.32 Å². The maximum absolute atomic E-state index is 13.9. The lowest BCUT2D eigenvalue weighted by Gasteiger charge is -2.37. The monoisotopic (exact) mass is 447 g/mol. The molecule has 1 aliphatic heterocycles. The van der Waals surface area contributed by atoms with Crippen molar-refractivity contribution < 1.29 is 8.78 Å². The lowest BCUT2D eigenvalue weighted by molar-refractivity contribution is 0.332. The Balaban J connectivity index is 2.81. The van der Waals surface area contributed by atoms with Gasteiger partial charge in [0.25, 0.3) is 0 Å². The van der Waals surface area contributed by atoms with Crippen LogP contribution < -0.4 is 10.6 Å². The maximum atomic E-state index is 13.9. The zero-order valence-corrected chi connectivity index (χ0v) is 16.0. The third-order valence-corrected chi connectivity index (χ3v) is 3.94. The molecule has 3 nitrogen and oxygen atoms in total. The van der Waals surface area contributed by atoms with Gasteiger partial charge in [0.1, 0.15) is 24.0 Å². The summed E-state index contributed by atoms with van der Waals surface area (Å²) in [6.07, 6.45) is -1.15. The van der Waals surface area contributed by atoms with Gasteiger partial charge in [-0.15, -0.1) is 0 Å². The molecule has 0 radical (unpaired) electrons. The first-order valence-corrected chi connectivity index (χ1v) is 8.54. The summed E-state index contributed by atoms with van der Waals surface area (Å²) in [6, 6.07) is 0. The molecule has 0 aromatic carbocycles. The van der Waals surface area contributed by atoms with E-state index in [-0.39, 0.29) is 18.7 Å². The zero-order valence-electron chi connectivity index (χ0n) is 11.5. The fraction of sp³-hybridized carbons (Fsp3) is 0.583. The van der Waals surface area contributed by atoms with Crippen LogP contribution in [0.4, 0.5) is 8.78 Å². The summed E-state index contributed by atoms with van der Waals surface area (Å²) in [5.41, 5.74) is 0. The van der Waals surface area contributed by atoms with Crippen LogP contribution in [0.1, 0.15) is 12.8 Å². The highest BCUT2D eigenvalue weighted by Gasteiger charge is 2.43. The van der Waals surface area contributed by atoms with Crippen molar-refractivity contribution in [2.45, 2.75) is 38.9 Å². The van der Waals surface area contributed by atoms with Crippen LogP contribution in [0, 0.1) is 0 Å². The second-order valence-electron chi connectivity index (χ2n) is 4.69. The van der Waals surface area contributed by atoms with Crippen LogP contribution in [-0.2, 0) is 0 Å². The second-order valence-corrected chi connectivity index (χ2v) is 9.43. The van der Waals surface area contributed by atoms with Crippen LogP contribution in [-0.4, -0.2) is 31.9 Å². The van der Waals surface area contributed by atoms with Gasteiger partial charge in [-0.1, -0.05) is 82.3 Å². The molecule has 0 saturated heterocycles. The first kappa shape index (κ1) is 21.6. The van der Waals surface area contributed by atoms with Crippen molar-refractivity contribution in [2.24, 2.45) is 4.99 Å². The van der Waals surface area contributed by atoms with E-state index in [2.05, 4.69) is 22.2 Å². The Morgan fingerprint density at radius 2 is 1.87 bits per heavy atom. The van der Waals surface area contributed by atoms with Gasteiger partial charge in [-0.2, -0.15) is 0 Å². The van der Waals surface area contributed by atoms with Crippen molar-refractivity contribution >= 4 is 75.4 Å². The minimum Gasteiger partial charge on any atom is -0.355 e. The fourth-order valence-electron chi connectivity index (χ4n) is 1.69. The fourth-order valence-corrected chi connectivity index (χ4v) is 2.38. The van der Waals surface area contributed by atoms with Crippen LogP contribution in [0.3, 0.4) is 0 Å². The molecule has 11 heteroatoms. The molecule has 0 spiro atoms. The van der Waals surface area contributed by atoms with Crippen molar-refractivity contribution in [2.75, 3.05) is 0 Å². The predicted molar refractivity (Wildman–Crippen MR) is 95.4 cm³/mol. The average Bonchev–Trinajstić information content (AvgIpc) is 2.35. The summed E-state index contributed by atoms with van der Waals surface area (Å²) in [5, 5.41) is 5.44. The maximum Gasteiger partial charge on any atom is 0.225 e. The quantitative estimate of drug-likeness (QED) is 0.451. The second kappa shape index (κ2) is 8.75. The van der Waals surface area contributed by atoms with Crippen LogP contribution in [0.5, 0.6) is 0 Å². The van der Waals surface area contributed by atoms with Crippen LogP contribution >= 0.6 is 69.6 Å². The van der Waals surface area contributed by atoms with Gasteiger partial charge in [0, 0.05) is 6.42 Å². The number of aliphatic imine (C=N–C) groups is 1. The van der Waals surface area contributed by atoms with Gasteiger partial charge in [0.2, 0.25) is 7.59 Å². The number of nitrogens with zero attached hydrogens (tertiary/aromatic N) is 1. The molecule has 1 rings (SSSR count). The Labute approximate surface area is 163 Å². The van der Waals surface area contributed by atoms with Gasteiger partial charge in [0.05, 0.1) is 0 Å². The smallest absolute Gasteiger partial charge is 0.225 e. The summed E-state index contributed by atoms with van der Waals surface area (Å²) in [4.78, 5) is 4.07. The number of halogens is 8. The average molecular weight is 450 g/mol. The van der Waals surface area contributed by atoms with Gasteiger partial charge in [0.15, 0.2) is 6.17 Å². The summed E-state index contributed by atoms with van der Waals surface area (Å²) in [5.74, 6) is -0.501. The minimum atomic E-state index is -1.82. The molecular formula is C12H13Cl6F2N3. The predicted octanol–water partition coefficient (Wildman–Crippen LogP) is 5.13. The Bertz CT molecular complexity index is 486. The highest BCUT2D eigenvalue weighted by Crippen LogP contribution is 2.36. The van der Waals surface area contributed by atoms with Crippen molar-refractivity contribution in [1.82, 2.24) is 10.6 Å². The highest BCUT2D eigenvalue weighted by atomic mass is 35.6. The van der Waals surface area contributed by atoms with Crippen molar-refractivity contribution in [3.8, 4) is 0 Å². The first-order valence-electron chi connectivity index (χ1n) is 6.27. The molecule has 2 N–H and O–H groups in total. The van der Waals surface area contributed by atoms with Gasteiger partial charge >= 0.3 is 0 Å². The molecule has 0 aromatic heterocycles. The van der Waals surface area contributed by atoms with Gasteiger partial charge in [-0.3, -0.25) is 5.32 Å². The molecule has 0 aliphatic carbocycles. The number of nitrogens with one attached hydrogen (secondary N) is 2. The lowest BCUT2D eigenvalue weighted by atomic mass is 10.1. The molecule has 0 bridgehead atoms.